The third-order valence-corrected chi connectivity index (χ3v) is 6.33. The number of benzene rings is 3. The first-order chi connectivity index (χ1) is 16.4. The average molecular weight is 501 g/mol. The van der Waals surface area contributed by atoms with E-state index in [-0.39, 0.29) is 17.3 Å². The smallest absolute Gasteiger partial charge is 0.352 e. The lowest BCUT2D eigenvalue weighted by Crippen LogP contribution is -2.19. The highest BCUT2D eigenvalue weighted by Gasteiger charge is 2.23. The molecular weight excluding hydrogens is 478 g/mol. The Kier molecular flexibility index (Phi) is 7.41. The Morgan fingerprint density at radius 1 is 1.09 bits per heavy atom. The molecule has 3 aromatic carbocycles. The van der Waals surface area contributed by atoms with Gasteiger partial charge in [-0.05, 0) is 60.5 Å². The fourth-order valence-electron chi connectivity index (χ4n) is 4.03. The molecule has 0 aliphatic rings. The van der Waals surface area contributed by atoms with Crippen LogP contribution in [0, 0.1) is 5.82 Å². The van der Waals surface area contributed by atoms with E-state index < -0.39 is 11.8 Å². The molecule has 0 fully saturated rings. The van der Waals surface area contributed by atoms with Crippen LogP contribution in [0.1, 0.15) is 27.2 Å². The minimum absolute atomic E-state index is 0.155. The number of aromatic carboxylic acids is 1. The summed E-state index contributed by atoms with van der Waals surface area (Å²) in [4.78, 5) is 12.4. The molecule has 8 heteroatoms. The number of nitrogens with one attached hydrogen (secondary N) is 1. The summed E-state index contributed by atoms with van der Waals surface area (Å²) in [6.07, 6.45) is 0.775. The van der Waals surface area contributed by atoms with E-state index in [2.05, 4.69) is 5.32 Å². The summed E-state index contributed by atoms with van der Waals surface area (Å²) >= 11 is 12.2. The summed E-state index contributed by atoms with van der Waals surface area (Å²) < 4.78 is 20.6. The van der Waals surface area contributed by atoms with Crippen molar-refractivity contribution < 1.29 is 19.0 Å². The van der Waals surface area contributed by atoms with Gasteiger partial charge in [-0.2, -0.15) is 0 Å². The minimum Gasteiger partial charge on any atom is -0.497 e. The summed E-state index contributed by atoms with van der Waals surface area (Å²) in [5.74, 6) is -0.893. The molecule has 0 unspecified atom stereocenters. The van der Waals surface area contributed by atoms with Crippen LogP contribution in [0.2, 0.25) is 10.0 Å². The van der Waals surface area contributed by atoms with Gasteiger partial charge in [-0.25, -0.2) is 9.18 Å². The SMILES string of the molecule is COc1ccc2c(CNCCc3ccc(Cl)cc3)c(C(=O)O)n(Cc3ccc(F)cc3Cl)c2c1. The lowest BCUT2D eigenvalue weighted by molar-refractivity contribution is 0.0684. The third kappa shape index (κ3) is 5.20. The maximum absolute atomic E-state index is 13.5. The molecule has 0 saturated heterocycles. The molecule has 176 valence electrons. The summed E-state index contributed by atoms with van der Waals surface area (Å²) in [7, 11) is 1.56. The fraction of sp³-hybridized carbons (Fsp3) is 0.192. The Labute approximate surface area is 206 Å². The highest BCUT2D eigenvalue weighted by atomic mass is 35.5. The number of halogens is 3. The van der Waals surface area contributed by atoms with Crippen LogP contribution in [-0.2, 0) is 19.5 Å². The molecule has 0 radical (unpaired) electrons. The molecule has 0 amide bonds. The van der Waals surface area contributed by atoms with Crippen molar-refractivity contribution in [2.45, 2.75) is 19.5 Å². The molecule has 1 aromatic heterocycles. The second-order valence-corrected chi connectivity index (χ2v) is 8.73. The first kappa shape index (κ1) is 24.1. The molecule has 0 aliphatic carbocycles. The highest BCUT2D eigenvalue weighted by molar-refractivity contribution is 6.31. The van der Waals surface area contributed by atoms with E-state index in [0.717, 1.165) is 17.4 Å². The van der Waals surface area contributed by atoms with Crippen molar-refractivity contribution in [2.24, 2.45) is 0 Å². The molecule has 4 rings (SSSR count). The number of ether oxygens (including phenoxy) is 1. The third-order valence-electron chi connectivity index (χ3n) is 5.73. The van der Waals surface area contributed by atoms with Crippen molar-refractivity contribution in [3.05, 3.63) is 98.9 Å². The fourth-order valence-corrected chi connectivity index (χ4v) is 4.39. The van der Waals surface area contributed by atoms with Crippen molar-refractivity contribution in [3.8, 4) is 5.75 Å². The predicted octanol–water partition coefficient (Wildman–Crippen LogP) is 6.17. The summed E-state index contributed by atoms with van der Waals surface area (Å²) in [5.41, 5.74) is 3.27. The quantitative estimate of drug-likeness (QED) is 0.269. The Morgan fingerprint density at radius 2 is 1.85 bits per heavy atom. The monoisotopic (exact) mass is 500 g/mol. The topological polar surface area (TPSA) is 63.5 Å². The van der Waals surface area contributed by atoms with Gasteiger partial charge in [-0.15, -0.1) is 0 Å². The first-order valence-electron chi connectivity index (χ1n) is 10.7. The van der Waals surface area contributed by atoms with E-state index in [1.54, 1.807) is 29.9 Å². The van der Waals surface area contributed by atoms with Crippen LogP contribution in [0.5, 0.6) is 5.75 Å². The van der Waals surface area contributed by atoms with Gasteiger partial charge < -0.3 is 19.7 Å². The van der Waals surface area contributed by atoms with Crippen LogP contribution in [-0.4, -0.2) is 29.3 Å². The molecule has 34 heavy (non-hydrogen) atoms. The Balaban J connectivity index is 1.68. The number of hydrogen-bond donors (Lipinski definition) is 2. The average Bonchev–Trinajstić information content (AvgIpc) is 3.12. The highest BCUT2D eigenvalue weighted by Crippen LogP contribution is 2.31. The van der Waals surface area contributed by atoms with Gasteiger partial charge in [0.25, 0.3) is 0 Å². The van der Waals surface area contributed by atoms with Gasteiger partial charge in [-0.1, -0.05) is 41.4 Å². The second kappa shape index (κ2) is 10.5. The molecule has 4 aromatic rings. The van der Waals surface area contributed by atoms with Crippen molar-refractivity contribution >= 4 is 40.1 Å². The maximum atomic E-state index is 13.5. The van der Waals surface area contributed by atoms with Crippen molar-refractivity contribution in [1.29, 1.82) is 0 Å². The number of hydrogen-bond acceptors (Lipinski definition) is 3. The van der Waals surface area contributed by atoms with Gasteiger partial charge in [0, 0.05) is 40.2 Å². The van der Waals surface area contributed by atoms with E-state index in [9.17, 15) is 14.3 Å². The van der Waals surface area contributed by atoms with Crippen LogP contribution in [0.3, 0.4) is 0 Å². The van der Waals surface area contributed by atoms with E-state index in [0.29, 0.717) is 40.5 Å². The number of aromatic nitrogens is 1. The summed E-state index contributed by atoms with van der Waals surface area (Å²) in [6, 6.07) is 17.2. The number of fused-ring (bicyclic) bond motifs is 1. The number of nitrogens with zero attached hydrogens (tertiary/aromatic N) is 1. The summed E-state index contributed by atoms with van der Waals surface area (Å²) in [5, 5.41) is 15.2. The summed E-state index contributed by atoms with van der Waals surface area (Å²) in [6.45, 7) is 1.20. The predicted molar refractivity (Wildman–Crippen MR) is 133 cm³/mol. The molecule has 0 aliphatic heterocycles. The van der Waals surface area contributed by atoms with Crippen molar-refractivity contribution in [2.75, 3.05) is 13.7 Å². The van der Waals surface area contributed by atoms with Crippen molar-refractivity contribution in [3.63, 3.8) is 0 Å². The Morgan fingerprint density at radius 3 is 2.53 bits per heavy atom. The second-order valence-electron chi connectivity index (χ2n) is 7.89. The van der Waals surface area contributed by atoms with Gasteiger partial charge in [0.05, 0.1) is 12.6 Å². The normalized spacial score (nSPS) is 11.2. The molecule has 0 atom stereocenters. The van der Waals surface area contributed by atoms with E-state index in [1.807, 2.05) is 30.3 Å². The molecule has 0 spiro atoms. The van der Waals surface area contributed by atoms with Gasteiger partial charge in [0.15, 0.2) is 0 Å². The first-order valence-corrected chi connectivity index (χ1v) is 11.4. The lowest BCUT2D eigenvalue weighted by Gasteiger charge is -2.12. The van der Waals surface area contributed by atoms with Crippen LogP contribution < -0.4 is 10.1 Å². The molecule has 0 saturated carbocycles. The molecular formula is C26H23Cl2FN2O3. The molecule has 2 N–H and O–H groups in total. The van der Waals surface area contributed by atoms with Crippen molar-refractivity contribution in [1.82, 2.24) is 9.88 Å². The van der Waals surface area contributed by atoms with Crippen LogP contribution in [0.4, 0.5) is 4.39 Å². The molecule has 1 heterocycles. The number of carbonyl (C=O) groups is 1. The number of methoxy groups -OCH3 is 1. The minimum atomic E-state index is -1.05. The van der Waals surface area contributed by atoms with Gasteiger partial charge in [0.2, 0.25) is 0 Å². The van der Waals surface area contributed by atoms with E-state index >= 15 is 0 Å². The van der Waals surface area contributed by atoms with E-state index in [4.69, 9.17) is 27.9 Å². The maximum Gasteiger partial charge on any atom is 0.352 e. The zero-order chi connectivity index (χ0) is 24.2. The Hall–Kier alpha value is -3.06. The number of rotatable bonds is 9. The van der Waals surface area contributed by atoms with E-state index in [1.165, 1.54) is 12.1 Å². The zero-order valence-electron chi connectivity index (χ0n) is 18.4. The molecule has 5 nitrogen and oxygen atoms in total. The van der Waals surface area contributed by atoms with Gasteiger partial charge >= 0.3 is 5.97 Å². The van der Waals surface area contributed by atoms with Crippen LogP contribution in [0.15, 0.2) is 60.7 Å². The van der Waals surface area contributed by atoms with Gasteiger partial charge in [-0.3, -0.25) is 0 Å². The van der Waals surface area contributed by atoms with Crippen LogP contribution >= 0.6 is 23.2 Å². The molecule has 0 bridgehead atoms. The van der Waals surface area contributed by atoms with Crippen LogP contribution in [0.25, 0.3) is 10.9 Å². The number of carboxylic acid groups (broad SMARTS) is 1. The van der Waals surface area contributed by atoms with Gasteiger partial charge in [0.1, 0.15) is 17.3 Å². The standard InChI is InChI=1S/C26H23Cl2FN2O3/c1-34-20-8-9-21-22(14-30-11-10-16-2-5-18(27)6-3-16)25(26(32)33)31(24(21)13-20)15-17-4-7-19(29)12-23(17)28/h2-9,12-13,30H,10-11,14-15H2,1H3,(H,32,33). The lowest BCUT2D eigenvalue weighted by atomic mass is 10.1. The largest absolute Gasteiger partial charge is 0.497 e. The number of carboxylic acids is 1. The Bertz CT molecular complexity index is 1340. The zero-order valence-corrected chi connectivity index (χ0v) is 20.0.